The summed E-state index contributed by atoms with van der Waals surface area (Å²) in [5.41, 5.74) is 2.00. The first-order valence-electron chi connectivity index (χ1n) is 8.73. The Bertz CT molecular complexity index is 957. The lowest BCUT2D eigenvalue weighted by Crippen LogP contribution is -2.34. The highest BCUT2D eigenvalue weighted by Gasteiger charge is 2.15. The second-order valence-corrected chi connectivity index (χ2v) is 7.70. The minimum Gasteiger partial charge on any atom is -0.351 e. The van der Waals surface area contributed by atoms with Gasteiger partial charge in [0.15, 0.2) is 0 Å². The van der Waals surface area contributed by atoms with Crippen molar-refractivity contribution >= 4 is 61.9 Å². The van der Waals surface area contributed by atoms with Crippen LogP contribution >= 0.6 is 34.2 Å². The van der Waals surface area contributed by atoms with E-state index >= 15 is 0 Å². The smallest absolute Gasteiger partial charge is 0.253 e. The number of nitrogens with one attached hydrogen (secondary N) is 1. The van der Waals surface area contributed by atoms with Crippen LogP contribution in [0.4, 0.5) is 0 Å². The van der Waals surface area contributed by atoms with Gasteiger partial charge in [-0.05, 0) is 59.9 Å². The van der Waals surface area contributed by atoms with E-state index in [4.69, 9.17) is 16.6 Å². The number of aromatic nitrogens is 1. The van der Waals surface area contributed by atoms with Crippen molar-refractivity contribution in [1.82, 2.24) is 15.2 Å². The van der Waals surface area contributed by atoms with E-state index in [0.29, 0.717) is 22.6 Å². The van der Waals surface area contributed by atoms with E-state index in [1.54, 1.807) is 6.07 Å². The predicted molar refractivity (Wildman–Crippen MR) is 117 cm³/mol. The van der Waals surface area contributed by atoms with Crippen LogP contribution in [-0.4, -0.2) is 42.0 Å². The van der Waals surface area contributed by atoms with Crippen LogP contribution in [0, 0.1) is 3.57 Å². The Morgan fingerprint density at radius 3 is 2.69 bits per heavy atom. The van der Waals surface area contributed by atoms with E-state index < -0.39 is 0 Å². The lowest BCUT2D eigenvalue weighted by Gasteiger charge is -2.18. The number of halogens is 2. The molecule has 1 amide bonds. The predicted octanol–water partition coefficient (Wildman–Crippen LogP) is 4.72. The molecular formula is C20H21ClIN3O. The minimum atomic E-state index is -0.115. The number of carbonyl (C=O) groups excluding carboxylic acids is 1. The van der Waals surface area contributed by atoms with E-state index in [1.807, 2.05) is 30.3 Å². The van der Waals surface area contributed by atoms with Gasteiger partial charge in [-0.25, -0.2) is 4.98 Å². The number of likely N-dealkylation sites (N-methyl/N-ethyl adjacent to an activating group) is 1. The van der Waals surface area contributed by atoms with E-state index in [-0.39, 0.29) is 5.91 Å². The van der Waals surface area contributed by atoms with E-state index in [0.717, 1.165) is 39.5 Å². The molecule has 0 spiro atoms. The molecule has 3 rings (SSSR count). The first-order chi connectivity index (χ1) is 12.5. The summed E-state index contributed by atoms with van der Waals surface area (Å²) in [5, 5.41) is 5.35. The van der Waals surface area contributed by atoms with Crippen molar-refractivity contribution in [3.63, 3.8) is 0 Å². The first-order valence-corrected chi connectivity index (χ1v) is 10.2. The van der Waals surface area contributed by atoms with Gasteiger partial charge in [0, 0.05) is 27.4 Å². The van der Waals surface area contributed by atoms with Gasteiger partial charge in [-0.15, -0.1) is 0 Å². The number of amides is 1. The number of fused-ring (bicyclic) bond motifs is 2. The molecule has 0 aliphatic heterocycles. The largest absolute Gasteiger partial charge is 0.351 e. The second-order valence-electron chi connectivity index (χ2n) is 6.07. The van der Waals surface area contributed by atoms with Gasteiger partial charge in [0.05, 0.1) is 21.6 Å². The average Bonchev–Trinajstić information content (AvgIpc) is 2.65. The van der Waals surface area contributed by atoms with Gasteiger partial charge in [-0.2, -0.15) is 0 Å². The Hall–Kier alpha value is -1.44. The molecule has 0 aliphatic carbocycles. The molecule has 0 aliphatic rings. The molecular weight excluding hydrogens is 461 g/mol. The molecule has 1 N–H and O–H groups in total. The zero-order chi connectivity index (χ0) is 18.7. The van der Waals surface area contributed by atoms with E-state index in [1.165, 1.54) is 0 Å². The quantitative estimate of drug-likeness (QED) is 0.409. The van der Waals surface area contributed by atoms with Gasteiger partial charge in [0.25, 0.3) is 5.91 Å². The molecule has 0 bridgehead atoms. The minimum absolute atomic E-state index is 0.115. The Balaban J connectivity index is 1.95. The van der Waals surface area contributed by atoms with Gasteiger partial charge in [0.2, 0.25) is 0 Å². The summed E-state index contributed by atoms with van der Waals surface area (Å²) in [6.45, 7) is 7.63. The number of hydrogen-bond acceptors (Lipinski definition) is 3. The highest BCUT2D eigenvalue weighted by atomic mass is 127. The summed E-state index contributed by atoms with van der Waals surface area (Å²) >= 11 is 8.88. The number of carbonyl (C=O) groups is 1. The Morgan fingerprint density at radius 1 is 1.19 bits per heavy atom. The molecule has 4 nitrogen and oxygen atoms in total. The standard InChI is InChI=1S/C20H21ClIN3O/c1-3-25(4-2)11-10-23-20(26)15-7-5-6-14-18(21)16-12-13(22)8-9-17(16)24-19(14)15/h5-9,12H,3-4,10-11H2,1-2H3,(H,23,26). The Morgan fingerprint density at radius 2 is 1.96 bits per heavy atom. The summed E-state index contributed by atoms with van der Waals surface area (Å²) in [7, 11) is 0. The van der Waals surface area contributed by atoms with Gasteiger partial charge < -0.3 is 10.2 Å². The van der Waals surface area contributed by atoms with Crippen LogP contribution in [0.2, 0.25) is 5.02 Å². The topological polar surface area (TPSA) is 45.2 Å². The molecule has 2 aromatic carbocycles. The number of rotatable bonds is 6. The normalized spacial score (nSPS) is 11.4. The summed E-state index contributed by atoms with van der Waals surface area (Å²) in [4.78, 5) is 19.7. The molecule has 1 heterocycles. The van der Waals surface area contributed by atoms with Gasteiger partial charge in [-0.1, -0.05) is 37.6 Å². The van der Waals surface area contributed by atoms with Gasteiger partial charge in [0.1, 0.15) is 0 Å². The number of para-hydroxylation sites is 1. The number of hydrogen-bond donors (Lipinski definition) is 1. The SMILES string of the molecule is CCN(CC)CCNC(=O)c1cccc2c(Cl)c3cc(I)ccc3nc12. The molecule has 0 unspecified atom stereocenters. The lowest BCUT2D eigenvalue weighted by atomic mass is 10.1. The summed E-state index contributed by atoms with van der Waals surface area (Å²) in [5.74, 6) is -0.115. The van der Waals surface area contributed by atoms with Gasteiger partial charge in [-0.3, -0.25) is 4.79 Å². The van der Waals surface area contributed by atoms with E-state index in [2.05, 4.69) is 46.7 Å². The van der Waals surface area contributed by atoms with Crippen LogP contribution in [0.1, 0.15) is 24.2 Å². The zero-order valence-corrected chi connectivity index (χ0v) is 17.8. The molecule has 136 valence electrons. The van der Waals surface area contributed by atoms with Gasteiger partial charge >= 0.3 is 0 Å². The summed E-state index contributed by atoms with van der Waals surface area (Å²) in [6, 6.07) is 11.5. The number of pyridine rings is 1. The highest BCUT2D eigenvalue weighted by Crippen LogP contribution is 2.32. The molecule has 6 heteroatoms. The Kier molecular flexibility index (Phi) is 6.32. The van der Waals surface area contributed by atoms with Crippen LogP contribution in [0.25, 0.3) is 21.8 Å². The van der Waals surface area contributed by atoms with Crippen molar-refractivity contribution in [3.8, 4) is 0 Å². The maximum atomic E-state index is 12.7. The van der Waals surface area contributed by atoms with Crippen molar-refractivity contribution < 1.29 is 4.79 Å². The molecule has 1 aromatic heterocycles. The average molecular weight is 482 g/mol. The maximum Gasteiger partial charge on any atom is 0.253 e. The van der Waals surface area contributed by atoms with Crippen LogP contribution in [0.5, 0.6) is 0 Å². The third-order valence-corrected chi connectivity index (χ3v) is 5.63. The van der Waals surface area contributed by atoms with Crippen molar-refractivity contribution in [1.29, 1.82) is 0 Å². The fourth-order valence-corrected chi connectivity index (χ4v) is 3.83. The zero-order valence-electron chi connectivity index (χ0n) is 14.9. The summed E-state index contributed by atoms with van der Waals surface area (Å²) < 4.78 is 1.10. The summed E-state index contributed by atoms with van der Waals surface area (Å²) in [6.07, 6.45) is 0. The molecule has 0 saturated heterocycles. The van der Waals surface area contributed by atoms with Crippen LogP contribution in [0.15, 0.2) is 36.4 Å². The number of benzene rings is 2. The lowest BCUT2D eigenvalue weighted by molar-refractivity contribution is 0.0950. The first kappa shape index (κ1) is 19.3. The van der Waals surface area contributed by atoms with Crippen molar-refractivity contribution in [2.24, 2.45) is 0 Å². The fraction of sp³-hybridized carbons (Fsp3) is 0.300. The third-order valence-electron chi connectivity index (χ3n) is 4.55. The molecule has 0 saturated carbocycles. The fourth-order valence-electron chi connectivity index (χ4n) is 3.03. The highest BCUT2D eigenvalue weighted by molar-refractivity contribution is 14.1. The molecule has 3 aromatic rings. The monoisotopic (exact) mass is 481 g/mol. The van der Waals surface area contributed by atoms with Crippen molar-refractivity contribution in [3.05, 3.63) is 50.6 Å². The van der Waals surface area contributed by atoms with E-state index in [9.17, 15) is 4.79 Å². The second kappa shape index (κ2) is 8.50. The van der Waals surface area contributed by atoms with Crippen LogP contribution in [-0.2, 0) is 0 Å². The Labute approximate surface area is 172 Å². The van der Waals surface area contributed by atoms with Crippen LogP contribution < -0.4 is 5.32 Å². The molecule has 0 atom stereocenters. The number of nitrogens with zero attached hydrogens (tertiary/aromatic N) is 2. The van der Waals surface area contributed by atoms with Crippen molar-refractivity contribution in [2.45, 2.75) is 13.8 Å². The third kappa shape index (κ3) is 3.94. The van der Waals surface area contributed by atoms with Crippen LogP contribution in [0.3, 0.4) is 0 Å². The van der Waals surface area contributed by atoms with Crippen molar-refractivity contribution in [2.75, 3.05) is 26.2 Å². The maximum absolute atomic E-state index is 12.7. The molecule has 0 radical (unpaired) electrons. The molecule has 26 heavy (non-hydrogen) atoms. The molecule has 0 fully saturated rings.